The number of aliphatic imine (C=N–C) groups is 1. The Bertz CT molecular complexity index is 257. The lowest BCUT2D eigenvalue weighted by molar-refractivity contribution is -0.0928. The molecule has 0 bridgehead atoms. The molecule has 1 aliphatic heterocycles. The number of nitrogens with zero attached hydrogens (tertiary/aromatic N) is 1. The molecule has 0 aromatic carbocycles. The summed E-state index contributed by atoms with van der Waals surface area (Å²) in [5, 5.41) is 8.81. The Labute approximate surface area is 80.1 Å². The topological polar surface area (TPSA) is 32.6 Å². The zero-order chi connectivity index (χ0) is 10.8. The molecule has 1 rings (SSSR count). The lowest BCUT2D eigenvalue weighted by Gasteiger charge is -2.20. The maximum Gasteiger partial charge on any atom is 0.432 e. The van der Waals surface area contributed by atoms with E-state index in [-0.39, 0.29) is 18.4 Å². The highest BCUT2D eigenvalue weighted by Crippen LogP contribution is 2.30. The molecule has 1 N–H and O–H groups in total. The van der Waals surface area contributed by atoms with Crippen molar-refractivity contribution in [2.45, 2.75) is 19.5 Å². The van der Waals surface area contributed by atoms with Crippen LogP contribution in [0.2, 0.25) is 0 Å². The SMILES string of the molecule is C[C@H](CO)C1C=NC(C(F)(F)F)=CC1. The average Bonchev–Trinajstić information content (AvgIpc) is 2.15. The maximum atomic E-state index is 12.1. The van der Waals surface area contributed by atoms with Gasteiger partial charge in [-0.2, -0.15) is 13.2 Å². The number of hydrogen-bond acceptors (Lipinski definition) is 2. The normalized spacial score (nSPS) is 24.6. The second kappa shape index (κ2) is 4.13. The molecule has 1 heterocycles. The van der Waals surface area contributed by atoms with Crippen LogP contribution in [0.1, 0.15) is 13.3 Å². The summed E-state index contributed by atoms with van der Waals surface area (Å²) >= 11 is 0. The summed E-state index contributed by atoms with van der Waals surface area (Å²) in [5.41, 5.74) is -0.834. The van der Waals surface area contributed by atoms with Gasteiger partial charge < -0.3 is 5.11 Å². The molecule has 0 saturated heterocycles. The number of allylic oxidation sites excluding steroid dienone is 2. The second-order valence-corrected chi connectivity index (χ2v) is 3.42. The summed E-state index contributed by atoms with van der Waals surface area (Å²) in [6.07, 6.45) is -1.70. The molecule has 0 saturated carbocycles. The summed E-state index contributed by atoms with van der Waals surface area (Å²) in [6, 6.07) is 0. The van der Waals surface area contributed by atoms with E-state index in [9.17, 15) is 13.2 Å². The fourth-order valence-electron chi connectivity index (χ4n) is 1.24. The van der Waals surface area contributed by atoms with E-state index in [4.69, 9.17) is 5.11 Å². The Kier molecular flexibility index (Phi) is 3.31. The number of aliphatic hydroxyl groups is 1. The minimum absolute atomic E-state index is 0.0358. The van der Waals surface area contributed by atoms with Crippen molar-refractivity contribution in [2.24, 2.45) is 16.8 Å². The Balaban J connectivity index is 2.62. The summed E-state index contributed by atoms with van der Waals surface area (Å²) in [7, 11) is 0. The summed E-state index contributed by atoms with van der Waals surface area (Å²) in [6.45, 7) is 1.75. The van der Waals surface area contributed by atoms with Gasteiger partial charge in [0.2, 0.25) is 0 Å². The molecule has 1 unspecified atom stereocenters. The van der Waals surface area contributed by atoms with Gasteiger partial charge in [-0.15, -0.1) is 0 Å². The first-order chi connectivity index (χ1) is 6.45. The smallest absolute Gasteiger partial charge is 0.396 e. The first kappa shape index (κ1) is 11.2. The molecule has 0 spiro atoms. The standard InChI is InChI=1S/C9H12F3NO/c1-6(5-14)7-2-3-8(13-4-7)9(10,11)12/h3-4,6-7,14H,2,5H2,1H3/t6-,7?/m1/s1. The summed E-state index contributed by atoms with van der Waals surface area (Å²) < 4.78 is 36.4. The predicted octanol–water partition coefficient (Wildman–Crippen LogP) is 2.15. The fraction of sp³-hybridized carbons (Fsp3) is 0.667. The third kappa shape index (κ3) is 2.57. The second-order valence-electron chi connectivity index (χ2n) is 3.42. The molecule has 2 nitrogen and oxygen atoms in total. The van der Waals surface area contributed by atoms with E-state index < -0.39 is 11.9 Å². The van der Waals surface area contributed by atoms with Crippen LogP contribution in [0, 0.1) is 11.8 Å². The third-order valence-corrected chi connectivity index (χ3v) is 2.30. The van der Waals surface area contributed by atoms with Crippen molar-refractivity contribution >= 4 is 6.21 Å². The minimum Gasteiger partial charge on any atom is -0.396 e. The molecule has 80 valence electrons. The molecule has 14 heavy (non-hydrogen) atoms. The van der Waals surface area contributed by atoms with Crippen molar-refractivity contribution in [3.8, 4) is 0 Å². The summed E-state index contributed by atoms with van der Waals surface area (Å²) in [4.78, 5) is 3.35. The monoisotopic (exact) mass is 207 g/mol. The Morgan fingerprint density at radius 2 is 2.29 bits per heavy atom. The van der Waals surface area contributed by atoms with Gasteiger partial charge in [0.25, 0.3) is 0 Å². The van der Waals surface area contributed by atoms with Gasteiger partial charge in [-0.1, -0.05) is 13.0 Å². The van der Waals surface area contributed by atoms with E-state index in [2.05, 4.69) is 4.99 Å². The van der Waals surface area contributed by atoms with Gasteiger partial charge in [-0.05, 0) is 12.3 Å². The van der Waals surface area contributed by atoms with Crippen LogP contribution in [0.4, 0.5) is 13.2 Å². The predicted molar refractivity (Wildman–Crippen MR) is 47.0 cm³/mol. The molecule has 0 aromatic heterocycles. The van der Waals surface area contributed by atoms with Gasteiger partial charge in [0.1, 0.15) is 5.70 Å². The van der Waals surface area contributed by atoms with Crippen LogP contribution < -0.4 is 0 Å². The Morgan fingerprint density at radius 3 is 2.64 bits per heavy atom. The quantitative estimate of drug-likeness (QED) is 0.739. The Hall–Kier alpha value is -0.840. The van der Waals surface area contributed by atoms with Crippen molar-refractivity contribution in [3.05, 3.63) is 11.8 Å². The summed E-state index contributed by atoms with van der Waals surface area (Å²) in [5.74, 6) is -0.143. The van der Waals surface area contributed by atoms with Crippen molar-refractivity contribution in [3.63, 3.8) is 0 Å². The highest BCUT2D eigenvalue weighted by Gasteiger charge is 2.35. The van der Waals surface area contributed by atoms with E-state index in [0.29, 0.717) is 6.42 Å². The molecule has 0 amide bonds. The van der Waals surface area contributed by atoms with E-state index in [0.717, 1.165) is 6.08 Å². The number of alkyl halides is 3. The highest BCUT2D eigenvalue weighted by molar-refractivity contribution is 5.64. The largest absolute Gasteiger partial charge is 0.432 e. The lowest BCUT2D eigenvalue weighted by atomic mass is 9.91. The third-order valence-electron chi connectivity index (χ3n) is 2.30. The molecule has 0 radical (unpaired) electrons. The first-order valence-electron chi connectivity index (χ1n) is 4.37. The average molecular weight is 207 g/mol. The highest BCUT2D eigenvalue weighted by atomic mass is 19.4. The van der Waals surface area contributed by atoms with Crippen LogP contribution in [0.25, 0.3) is 0 Å². The lowest BCUT2D eigenvalue weighted by Crippen LogP contribution is -2.21. The van der Waals surface area contributed by atoms with Gasteiger partial charge in [0.15, 0.2) is 0 Å². The van der Waals surface area contributed by atoms with Crippen LogP contribution in [-0.2, 0) is 0 Å². The van der Waals surface area contributed by atoms with Gasteiger partial charge in [0.05, 0.1) is 0 Å². The maximum absolute atomic E-state index is 12.1. The van der Waals surface area contributed by atoms with Crippen molar-refractivity contribution in [1.82, 2.24) is 0 Å². The number of rotatable bonds is 2. The zero-order valence-electron chi connectivity index (χ0n) is 7.75. The molecule has 5 heteroatoms. The first-order valence-corrected chi connectivity index (χ1v) is 4.37. The fourth-order valence-corrected chi connectivity index (χ4v) is 1.24. The molecule has 0 aromatic rings. The van der Waals surface area contributed by atoms with Crippen molar-refractivity contribution in [1.29, 1.82) is 0 Å². The van der Waals surface area contributed by atoms with Crippen LogP contribution >= 0.6 is 0 Å². The van der Waals surface area contributed by atoms with Crippen molar-refractivity contribution in [2.75, 3.05) is 6.61 Å². The van der Waals surface area contributed by atoms with E-state index in [1.54, 1.807) is 6.92 Å². The number of hydrogen-bond donors (Lipinski definition) is 1. The van der Waals surface area contributed by atoms with Crippen LogP contribution in [0.3, 0.4) is 0 Å². The molecular formula is C9H12F3NO. The molecule has 0 fully saturated rings. The van der Waals surface area contributed by atoms with Gasteiger partial charge in [-0.25, -0.2) is 0 Å². The molecule has 0 aliphatic carbocycles. The van der Waals surface area contributed by atoms with E-state index >= 15 is 0 Å². The van der Waals surface area contributed by atoms with Crippen molar-refractivity contribution < 1.29 is 18.3 Å². The van der Waals surface area contributed by atoms with Crippen LogP contribution in [0.5, 0.6) is 0 Å². The minimum atomic E-state index is -4.36. The van der Waals surface area contributed by atoms with E-state index in [1.165, 1.54) is 6.21 Å². The van der Waals surface area contributed by atoms with Crippen LogP contribution in [0.15, 0.2) is 16.8 Å². The zero-order valence-corrected chi connectivity index (χ0v) is 7.75. The van der Waals surface area contributed by atoms with Gasteiger partial charge in [-0.3, -0.25) is 4.99 Å². The van der Waals surface area contributed by atoms with E-state index in [1.807, 2.05) is 0 Å². The number of halogens is 3. The molecular weight excluding hydrogens is 195 g/mol. The van der Waals surface area contributed by atoms with Crippen LogP contribution in [-0.4, -0.2) is 24.1 Å². The Morgan fingerprint density at radius 1 is 1.64 bits per heavy atom. The number of aliphatic hydroxyl groups excluding tert-OH is 1. The molecule has 1 aliphatic rings. The van der Waals surface area contributed by atoms with Gasteiger partial charge >= 0.3 is 6.18 Å². The molecule has 2 atom stereocenters. The van der Waals surface area contributed by atoms with Gasteiger partial charge in [0, 0.05) is 18.7 Å².